The van der Waals surface area contributed by atoms with E-state index in [4.69, 9.17) is 9.52 Å². The van der Waals surface area contributed by atoms with Gasteiger partial charge in [0.05, 0.1) is 11.9 Å². The zero-order chi connectivity index (χ0) is 28.7. The summed E-state index contributed by atoms with van der Waals surface area (Å²) in [5.41, 5.74) is 2.76. The fourth-order valence-electron chi connectivity index (χ4n) is 4.16. The molecule has 9 heteroatoms. The molecule has 0 bridgehead atoms. The Morgan fingerprint density at radius 3 is 2.46 bits per heavy atom. The Morgan fingerprint density at radius 2 is 1.79 bits per heavy atom. The Labute approximate surface area is 231 Å². The number of aromatic nitrogens is 3. The van der Waals surface area contributed by atoms with Gasteiger partial charge in [-0.15, -0.1) is 0 Å². The lowest BCUT2D eigenvalue weighted by molar-refractivity contribution is 0.0102. The third-order valence-corrected chi connectivity index (χ3v) is 6.21. The number of oxazole rings is 1. The van der Waals surface area contributed by atoms with Crippen LogP contribution < -0.4 is 5.32 Å². The molecule has 2 aromatic heterocycles. The molecule has 0 spiro atoms. The zero-order valence-electron chi connectivity index (χ0n) is 23.8. The molecule has 0 fully saturated rings. The average Bonchev–Trinajstić information content (AvgIpc) is 3.50. The van der Waals surface area contributed by atoms with Gasteiger partial charge in [0.1, 0.15) is 0 Å². The summed E-state index contributed by atoms with van der Waals surface area (Å²) in [6, 6.07) is 7.47. The predicted molar refractivity (Wildman–Crippen MR) is 152 cm³/mol. The van der Waals surface area contributed by atoms with E-state index in [0.29, 0.717) is 24.6 Å². The summed E-state index contributed by atoms with van der Waals surface area (Å²) < 4.78 is 32.6. The van der Waals surface area contributed by atoms with Crippen molar-refractivity contribution in [3.63, 3.8) is 0 Å². The second-order valence-corrected chi connectivity index (χ2v) is 10.2. The van der Waals surface area contributed by atoms with Crippen molar-refractivity contribution in [3.05, 3.63) is 53.8 Å². The molecule has 0 unspecified atom stereocenters. The van der Waals surface area contributed by atoms with Crippen LogP contribution in [0, 0.1) is 13.8 Å². The highest BCUT2D eigenvalue weighted by Crippen LogP contribution is 2.25. The Kier molecular flexibility index (Phi) is 13.7. The van der Waals surface area contributed by atoms with Crippen molar-refractivity contribution in [1.82, 2.24) is 14.8 Å². The molecule has 0 atom stereocenters. The summed E-state index contributed by atoms with van der Waals surface area (Å²) in [5.74, 6) is -2.95. The molecule has 0 aliphatic carbocycles. The second kappa shape index (κ2) is 16.7. The third kappa shape index (κ3) is 12.9. The van der Waals surface area contributed by atoms with Crippen LogP contribution in [0.25, 0.3) is 11.3 Å². The Bertz CT molecular complexity index is 1120. The topological polar surface area (TPSA) is 93.2 Å². The van der Waals surface area contributed by atoms with Gasteiger partial charge in [-0.1, -0.05) is 69.2 Å². The van der Waals surface area contributed by atoms with Crippen LogP contribution in [0.1, 0.15) is 100.0 Å². The molecule has 0 aliphatic rings. The molecule has 0 aliphatic heterocycles. The van der Waals surface area contributed by atoms with Crippen molar-refractivity contribution in [2.24, 2.45) is 0 Å². The molecule has 39 heavy (non-hydrogen) atoms. The molecule has 1 aromatic carbocycles. The van der Waals surface area contributed by atoms with E-state index in [1.165, 1.54) is 44.9 Å². The molecular formula is C30H44F2N4O3. The lowest BCUT2D eigenvalue weighted by Crippen LogP contribution is -2.09. The minimum absolute atomic E-state index is 0.0388. The van der Waals surface area contributed by atoms with E-state index in [1.807, 2.05) is 42.2 Å². The summed E-state index contributed by atoms with van der Waals surface area (Å²) >= 11 is 0. The predicted octanol–water partition coefficient (Wildman–Crippen LogP) is 8.53. The highest BCUT2D eigenvalue weighted by molar-refractivity contribution is 5.92. The third-order valence-electron chi connectivity index (χ3n) is 6.21. The van der Waals surface area contributed by atoms with Gasteiger partial charge >= 0.3 is 5.97 Å². The maximum atomic E-state index is 12.7. The van der Waals surface area contributed by atoms with Crippen LogP contribution >= 0.6 is 0 Å². The largest absolute Gasteiger partial charge is 0.476 e. The van der Waals surface area contributed by atoms with Crippen molar-refractivity contribution >= 4 is 11.7 Å². The summed E-state index contributed by atoms with van der Waals surface area (Å²) in [4.78, 5) is 14.8. The average molecular weight is 547 g/mol. The van der Waals surface area contributed by atoms with Gasteiger partial charge in [0.2, 0.25) is 5.92 Å². The maximum absolute atomic E-state index is 12.7. The van der Waals surface area contributed by atoms with Crippen LogP contribution in [-0.4, -0.2) is 38.3 Å². The first-order valence-corrected chi connectivity index (χ1v) is 14.0. The molecule has 7 nitrogen and oxygen atoms in total. The first-order chi connectivity index (χ1) is 18.6. The Morgan fingerprint density at radius 1 is 1.08 bits per heavy atom. The van der Waals surface area contributed by atoms with E-state index in [9.17, 15) is 13.6 Å². The van der Waals surface area contributed by atoms with Gasteiger partial charge in [0.25, 0.3) is 0 Å². The number of unbranched alkanes of at least 4 members (excludes halogenated alkanes) is 7. The van der Waals surface area contributed by atoms with Crippen LogP contribution in [0.5, 0.6) is 0 Å². The number of carbonyl (C=O) groups is 1. The van der Waals surface area contributed by atoms with Gasteiger partial charge in [0, 0.05) is 38.2 Å². The normalized spacial score (nSPS) is 11.2. The molecule has 0 amide bonds. The fourth-order valence-corrected chi connectivity index (χ4v) is 4.16. The number of halogens is 2. The quantitative estimate of drug-likeness (QED) is 0.175. The number of nitrogens with zero attached hydrogens (tertiary/aromatic N) is 3. The van der Waals surface area contributed by atoms with Crippen LogP contribution in [0.15, 0.2) is 41.1 Å². The van der Waals surface area contributed by atoms with Gasteiger partial charge in [-0.3, -0.25) is 4.68 Å². The molecule has 216 valence electrons. The van der Waals surface area contributed by atoms with Crippen LogP contribution in [0.4, 0.5) is 14.5 Å². The minimum atomic E-state index is -2.55. The van der Waals surface area contributed by atoms with Crippen LogP contribution in [0.2, 0.25) is 0 Å². The number of anilines is 1. The van der Waals surface area contributed by atoms with E-state index in [0.717, 1.165) is 36.7 Å². The number of hydrogen-bond donors (Lipinski definition) is 2. The van der Waals surface area contributed by atoms with Gasteiger partial charge in [-0.2, -0.15) is 5.10 Å². The summed E-state index contributed by atoms with van der Waals surface area (Å²) in [6.07, 6.45) is 14.1. The summed E-state index contributed by atoms with van der Waals surface area (Å²) in [7, 11) is 0. The minimum Gasteiger partial charge on any atom is -0.476 e. The molecule has 2 heterocycles. The van der Waals surface area contributed by atoms with Gasteiger partial charge in [-0.25, -0.2) is 18.6 Å². The number of aromatic carboxylic acids is 1. The lowest BCUT2D eigenvalue weighted by atomic mass is 10.1. The Hall–Kier alpha value is -3.23. The van der Waals surface area contributed by atoms with Crippen molar-refractivity contribution in [2.75, 3.05) is 11.9 Å². The van der Waals surface area contributed by atoms with Gasteiger partial charge < -0.3 is 14.8 Å². The number of carboxylic acid groups (broad SMARTS) is 1. The van der Waals surface area contributed by atoms with Gasteiger partial charge in [-0.05, 0) is 39.2 Å². The summed E-state index contributed by atoms with van der Waals surface area (Å²) in [6.45, 7) is 8.46. The van der Waals surface area contributed by atoms with Gasteiger partial charge in [0.15, 0.2) is 17.3 Å². The molecule has 0 saturated carbocycles. The number of hydrogen-bond acceptors (Lipinski definition) is 5. The smallest absolute Gasteiger partial charge is 0.358 e. The van der Waals surface area contributed by atoms with Crippen molar-refractivity contribution in [3.8, 4) is 11.3 Å². The summed E-state index contributed by atoms with van der Waals surface area (Å²) in [5, 5.41) is 16.6. The monoisotopic (exact) mass is 546 g/mol. The lowest BCUT2D eigenvalue weighted by Gasteiger charge is -2.09. The van der Waals surface area contributed by atoms with E-state index < -0.39 is 11.9 Å². The number of aryl methyl sites for hydroxylation is 3. The van der Waals surface area contributed by atoms with E-state index in [1.54, 1.807) is 13.0 Å². The zero-order valence-corrected chi connectivity index (χ0v) is 23.8. The van der Waals surface area contributed by atoms with Crippen molar-refractivity contribution in [1.29, 1.82) is 0 Å². The van der Waals surface area contributed by atoms with E-state index in [-0.39, 0.29) is 12.1 Å². The standard InChI is InChI=1S/C18H33F2N3.C12H11NO3/c1-3-4-5-6-7-8-10-13-21-17-15-22-23(16-17)14-11-9-12-18(2,19)20;1-7-4-3-5-9(6-7)11-10(12(14)15)13-8(2)16-11/h15-16,21H,3-14H2,1-2H3;3-6H,1-2H3,(H,14,15). The highest BCUT2D eigenvalue weighted by atomic mass is 19.3. The number of rotatable bonds is 16. The maximum Gasteiger partial charge on any atom is 0.358 e. The SMILES string of the molecule is CCCCCCCCCNc1cnn(CCCCC(C)(F)F)c1.Cc1cccc(-c2oc(C)nc2C(=O)O)c1. The number of alkyl halides is 2. The first-order valence-electron chi connectivity index (χ1n) is 14.0. The van der Waals surface area contributed by atoms with E-state index in [2.05, 4.69) is 22.3 Å². The van der Waals surface area contributed by atoms with Crippen LogP contribution in [0.3, 0.4) is 0 Å². The molecule has 3 rings (SSSR count). The van der Waals surface area contributed by atoms with Crippen LogP contribution in [-0.2, 0) is 6.54 Å². The van der Waals surface area contributed by atoms with Crippen molar-refractivity contribution in [2.45, 2.75) is 104 Å². The second-order valence-electron chi connectivity index (χ2n) is 10.2. The number of carboxylic acids is 1. The molecule has 2 N–H and O–H groups in total. The first kappa shape index (κ1) is 32.0. The molecule has 0 saturated heterocycles. The molecule has 0 radical (unpaired) electrons. The molecule has 3 aromatic rings. The Balaban J connectivity index is 0.000000290. The van der Waals surface area contributed by atoms with E-state index >= 15 is 0 Å². The van der Waals surface area contributed by atoms with Crippen molar-refractivity contribution < 1.29 is 23.1 Å². The highest BCUT2D eigenvalue weighted by Gasteiger charge is 2.20. The number of benzene rings is 1. The molecular weight excluding hydrogens is 502 g/mol. The fraction of sp³-hybridized carbons (Fsp3) is 0.567. The number of nitrogens with one attached hydrogen (secondary N) is 1.